The van der Waals surface area contributed by atoms with Gasteiger partial charge in [0.05, 0.1) is 12.1 Å². The SMILES string of the molecule is CC(C)N1CCN(c2c(F)cccc2[C@@H]2S[C@@](C)(CC(=O)N3CCC(N4CCc5ccccc5NC4=O)CC3)C(=O)N2CCC(C)(C)C)CC1.[HH]. The Hall–Kier alpha value is -3.31. The van der Waals surface area contributed by atoms with Crippen molar-refractivity contribution in [1.29, 1.82) is 0 Å². The number of rotatable bonds is 8. The molecule has 4 heterocycles. The Bertz CT molecular complexity index is 1570. The van der Waals surface area contributed by atoms with Gasteiger partial charge in [-0.15, -0.1) is 11.8 Å². The third kappa shape index (κ3) is 7.78. The number of nitrogens with one attached hydrogen (secondary N) is 1. The van der Waals surface area contributed by atoms with Gasteiger partial charge in [-0.05, 0) is 69.6 Å². The van der Waals surface area contributed by atoms with E-state index < -0.39 is 10.1 Å². The average molecular weight is 709 g/mol. The Morgan fingerprint density at radius 3 is 2.38 bits per heavy atom. The second-order valence-corrected chi connectivity index (χ2v) is 17.7. The van der Waals surface area contributed by atoms with Gasteiger partial charge >= 0.3 is 6.03 Å². The molecule has 4 aliphatic heterocycles. The third-order valence-electron chi connectivity index (χ3n) is 11.0. The summed E-state index contributed by atoms with van der Waals surface area (Å²) < 4.78 is 14.8. The number of piperidine rings is 1. The highest BCUT2D eigenvalue weighted by Gasteiger charge is 2.52. The molecular weight excluding hydrogens is 652 g/mol. The van der Waals surface area contributed by atoms with Crippen LogP contribution in [0.3, 0.4) is 0 Å². The number of anilines is 2. The smallest absolute Gasteiger partial charge is 0.322 e. The predicted molar refractivity (Wildman–Crippen MR) is 202 cm³/mol. The molecule has 3 fully saturated rings. The lowest BCUT2D eigenvalue weighted by atomic mass is 9.91. The Balaban J connectivity index is 0.00000504. The number of benzene rings is 2. The first-order valence-electron chi connectivity index (χ1n) is 18.4. The summed E-state index contributed by atoms with van der Waals surface area (Å²) in [6.07, 6.45) is 3.07. The highest BCUT2D eigenvalue weighted by Crippen LogP contribution is 2.53. The molecule has 50 heavy (non-hydrogen) atoms. The Morgan fingerprint density at radius 2 is 1.70 bits per heavy atom. The van der Waals surface area contributed by atoms with Crippen molar-refractivity contribution in [3.63, 3.8) is 0 Å². The molecule has 1 N–H and O–H groups in total. The molecule has 0 radical (unpaired) electrons. The number of piperazine rings is 1. The Labute approximate surface area is 303 Å². The van der Waals surface area contributed by atoms with Crippen LogP contribution in [0, 0.1) is 11.2 Å². The van der Waals surface area contributed by atoms with Crippen molar-refractivity contribution in [2.24, 2.45) is 5.41 Å². The number of para-hydroxylation sites is 2. The van der Waals surface area contributed by atoms with Crippen molar-refractivity contribution in [2.75, 3.05) is 62.6 Å². The van der Waals surface area contributed by atoms with Crippen molar-refractivity contribution >= 4 is 41.0 Å². The molecule has 0 aromatic heterocycles. The van der Waals surface area contributed by atoms with E-state index in [1.54, 1.807) is 6.07 Å². The van der Waals surface area contributed by atoms with E-state index in [0.29, 0.717) is 50.7 Å². The quantitative estimate of drug-likeness (QED) is 0.324. The first-order chi connectivity index (χ1) is 23.7. The van der Waals surface area contributed by atoms with E-state index in [1.807, 2.05) is 45.9 Å². The minimum absolute atomic E-state index is 0. The molecule has 11 heteroatoms. The fourth-order valence-corrected chi connectivity index (χ4v) is 9.45. The summed E-state index contributed by atoms with van der Waals surface area (Å²) in [6, 6.07) is 13.6. The molecule has 0 bridgehead atoms. The van der Waals surface area contributed by atoms with Crippen LogP contribution in [0.1, 0.15) is 85.2 Å². The van der Waals surface area contributed by atoms with Crippen LogP contribution in [-0.4, -0.2) is 107 Å². The normalized spacial score (nSPS) is 24.1. The van der Waals surface area contributed by atoms with Gasteiger partial charge in [0.15, 0.2) is 0 Å². The monoisotopic (exact) mass is 708 g/mol. The molecule has 2 atom stereocenters. The van der Waals surface area contributed by atoms with Crippen LogP contribution in [0.5, 0.6) is 0 Å². The lowest BCUT2D eigenvalue weighted by Gasteiger charge is -2.40. The fraction of sp³-hybridized carbons (Fsp3) is 0.615. The molecule has 0 aliphatic carbocycles. The summed E-state index contributed by atoms with van der Waals surface area (Å²) in [5, 5.41) is 2.68. The van der Waals surface area contributed by atoms with Crippen LogP contribution < -0.4 is 10.2 Å². The number of fused-ring (bicyclic) bond motifs is 1. The molecule has 0 saturated carbocycles. The van der Waals surface area contributed by atoms with Gasteiger partial charge in [0.25, 0.3) is 0 Å². The Morgan fingerprint density at radius 1 is 1.00 bits per heavy atom. The minimum atomic E-state index is -0.979. The van der Waals surface area contributed by atoms with Gasteiger partial charge in [0.2, 0.25) is 11.8 Å². The van der Waals surface area contributed by atoms with Crippen molar-refractivity contribution in [2.45, 2.75) is 95.9 Å². The number of nitrogens with zero attached hydrogens (tertiary/aromatic N) is 5. The molecule has 6 rings (SSSR count). The van der Waals surface area contributed by atoms with Gasteiger partial charge in [-0.1, -0.05) is 51.1 Å². The molecule has 2 aromatic rings. The maximum atomic E-state index is 15.8. The zero-order chi connectivity index (χ0) is 35.8. The molecule has 3 saturated heterocycles. The van der Waals surface area contributed by atoms with E-state index in [2.05, 4.69) is 55.8 Å². The van der Waals surface area contributed by atoms with Crippen LogP contribution in [-0.2, 0) is 16.0 Å². The summed E-state index contributed by atoms with van der Waals surface area (Å²) in [4.78, 5) is 51.8. The summed E-state index contributed by atoms with van der Waals surface area (Å²) in [5.74, 6) is -0.361. The van der Waals surface area contributed by atoms with Crippen molar-refractivity contribution in [1.82, 2.24) is 19.6 Å². The third-order valence-corrected chi connectivity index (χ3v) is 12.6. The lowest BCUT2D eigenvalue weighted by molar-refractivity contribution is -0.139. The van der Waals surface area contributed by atoms with Crippen molar-refractivity contribution in [3.8, 4) is 0 Å². The van der Waals surface area contributed by atoms with Crippen LogP contribution in [0.2, 0.25) is 0 Å². The topological polar surface area (TPSA) is 79.4 Å². The maximum absolute atomic E-state index is 15.8. The molecule has 4 aliphatic rings. The van der Waals surface area contributed by atoms with Crippen LogP contribution in [0.4, 0.5) is 20.6 Å². The number of thioether (sulfide) groups is 1. The Kier molecular flexibility index (Phi) is 10.8. The summed E-state index contributed by atoms with van der Waals surface area (Å²) in [7, 11) is 0. The van der Waals surface area contributed by atoms with Gasteiger partial charge in [0.1, 0.15) is 15.9 Å². The van der Waals surface area contributed by atoms with E-state index in [-0.39, 0.29) is 43.0 Å². The predicted octanol–water partition coefficient (Wildman–Crippen LogP) is 6.84. The van der Waals surface area contributed by atoms with E-state index in [9.17, 15) is 14.4 Å². The number of amides is 4. The highest BCUT2D eigenvalue weighted by molar-refractivity contribution is 8.02. The van der Waals surface area contributed by atoms with E-state index in [1.165, 1.54) is 17.8 Å². The van der Waals surface area contributed by atoms with Crippen molar-refractivity contribution in [3.05, 3.63) is 59.4 Å². The van der Waals surface area contributed by atoms with Gasteiger partial charge in [0, 0.05) is 77.1 Å². The maximum Gasteiger partial charge on any atom is 0.322 e. The van der Waals surface area contributed by atoms with Crippen LogP contribution in [0.25, 0.3) is 0 Å². The number of hydrogen-bond acceptors (Lipinski definition) is 6. The van der Waals surface area contributed by atoms with Gasteiger partial charge in [-0.3, -0.25) is 14.5 Å². The standard InChI is InChI=1S/C39H55FN6O3S.H2/c1-27(2)42-22-24-44(25-23-42)34-30(11-9-12-31(34)40)35-46(21-17-38(3,4)5)36(48)39(6,50-35)26-33(47)43-18-15-29(16-19-43)45-20-14-28-10-7-8-13-32(28)41-37(45)49;/h7-13,27,29,35H,14-26H2,1-6H3,(H,41,49);1H/t35-,39-;/m0./s1. The molecule has 2 aromatic carbocycles. The lowest BCUT2D eigenvalue weighted by Crippen LogP contribution is -2.51. The number of carbonyl (C=O) groups is 3. The van der Waals surface area contributed by atoms with Gasteiger partial charge < -0.3 is 24.9 Å². The number of likely N-dealkylation sites (tertiary alicyclic amines) is 1. The molecular formula is C39H57FN6O3S. The first-order valence-corrected chi connectivity index (χ1v) is 19.3. The van der Waals surface area contributed by atoms with E-state index in [0.717, 1.165) is 55.8 Å². The molecule has 9 nitrogen and oxygen atoms in total. The summed E-state index contributed by atoms with van der Waals surface area (Å²) >= 11 is 1.50. The summed E-state index contributed by atoms with van der Waals surface area (Å²) in [5.41, 5.74) is 3.40. The van der Waals surface area contributed by atoms with Gasteiger partial charge in [-0.25, -0.2) is 9.18 Å². The second kappa shape index (κ2) is 14.7. The van der Waals surface area contributed by atoms with Gasteiger partial charge in [-0.2, -0.15) is 0 Å². The average Bonchev–Trinajstić information content (AvgIpc) is 3.20. The van der Waals surface area contributed by atoms with Crippen LogP contribution in [0.15, 0.2) is 42.5 Å². The van der Waals surface area contributed by atoms with Crippen molar-refractivity contribution < 1.29 is 20.2 Å². The first kappa shape index (κ1) is 36.5. The minimum Gasteiger partial charge on any atom is -0.366 e. The highest BCUT2D eigenvalue weighted by atomic mass is 32.2. The molecule has 4 amide bonds. The number of halogens is 1. The fourth-order valence-electron chi connectivity index (χ4n) is 7.89. The summed E-state index contributed by atoms with van der Waals surface area (Å²) in [6.45, 7) is 18.2. The molecule has 0 spiro atoms. The number of carbonyl (C=O) groups excluding carboxylic acids is 3. The largest absolute Gasteiger partial charge is 0.366 e. The zero-order valence-electron chi connectivity index (χ0n) is 30.7. The second-order valence-electron chi connectivity index (χ2n) is 16.1. The molecule has 0 unspecified atom stereocenters. The number of hydrogen-bond donors (Lipinski definition) is 1. The zero-order valence-corrected chi connectivity index (χ0v) is 31.5. The van der Waals surface area contributed by atoms with E-state index >= 15 is 4.39 Å². The van der Waals surface area contributed by atoms with E-state index in [4.69, 9.17) is 0 Å². The molecule has 274 valence electrons. The number of urea groups is 1. The van der Waals surface area contributed by atoms with Crippen LogP contribution >= 0.6 is 11.8 Å².